The fourth-order valence-corrected chi connectivity index (χ4v) is 1.52. The van der Waals surface area contributed by atoms with Gasteiger partial charge >= 0.3 is 0 Å². The molecule has 1 rings (SSSR count). The highest BCUT2D eigenvalue weighted by atomic mass is 16.5. The highest BCUT2D eigenvalue weighted by Crippen LogP contribution is 2.11. The van der Waals surface area contributed by atoms with Crippen LogP contribution in [0.15, 0.2) is 24.3 Å². The van der Waals surface area contributed by atoms with Crippen molar-refractivity contribution in [3.05, 3.63) is 29.8 Å². The lowest BCUT2D eigenvalue weighted by molar-refractivity contribution is 0.277. The number of aryl methyl sites for hydroxylation is 1. The van der Waals surface area contributed by atoms with Gasteiger partial charge in [0.25, 0.3) is 0 Å². The zero-order valence-electron chi connectivity index (χ0n) is 10.4. The maximum absolute atomic E-state index is 5.94. The first-order valence-electron chi connectivity index (χ1n) is 5.67. The van der Waals surface area contributed by atoms with E-state index in [-0.39, 0.29) is 6.04 Å². The minimum Gasteiger partial charge on any atom is -0.494 e. The average molecular weight is 222 g/mol. The van der Waals surface area contributed by atoms with Gasteiger partial charge in [0.2, 0.25) is 0 Å². The van der Waals surface area contributed by atoms with Gasteiger partial charge in [0, 0.05) is 12.6 Å². The minimum atomic E-state index is 0.181. The molecule has 0 aliphatic rings. The summed E-state index contributed by atoms with van der Waals surface area (Å²) in [5.74, 6) is 0.919. The summed E-state index contributed by atoms with van der Waals surface area (Å²) in [6.45, 7) is 3.64. The van der Waals surface area contributed by atoms with E-state index in [9.17, 15) is 0 Å². The maximum Gasteiger partial charge on any atom is 0.119 e. The molecule has 0 fully saturated rings. The third-order valence-electron chi connectivity index (χ3n) is 2.38. The fourth-order valence-electron chi connectivity index (χ4n) is 1.52. The molecule has 0 saturated heterocycles. The predicted molar refractivity (Wildman–Crippen MR) is 67.8 cm³/mol. The molecule has 2 N–H and O–H groups in total. The lowest BCUT2D eigenvalue weighted by Crippen LogP contribution is -2.34. The van der Waals surface area contributed by atoms with Crippen LogP contribution in [-0.2, 0) is 0 Å². The Bertz CT molecular complexity index is 295. The quantitative estimate of drug-likeness (QED) is 0.795. The van der Waals surface area contributed by atoms with E-state index < -0.39 is 0 Å². The summed E-state index contributed by atoms with van der Waals surface area (Å²) in [7, 11) is 4.06. The summed E-state index contributed by atoms with van der Waals surface area (Å²) < 4.78 is 5.61. The van der Waals surface area contributed by atoms with Crippen LogP contribution in [0.4, 0.5) is 0 Å². The average Bonchev–Trinajstić information content (AvgIpc) is 2.20. The molecule has 0 aliphatic carbocycles. The number of ether oxygens (including phenoxy) is 1. The monoisotopic (exact) mass is 222 g/mol. The largest absolute Gasteiger partial charge is 0.494 e. The third kappa shape index (κ3) is 5.14. The van der Waals surface area contributed by atoms with Crippen LogP contribution < -0.4 is 10.5 Å². The van der Waals surface area contributed by atoms with E-state index in [1.54, 1.807) is 0 Å². The number of rotatable bonds is 6. The molecule has 0 heterocycles. The molecule has 0 spiro atoms. The molecule has 90 valence electrons. The molecule has 1 atom stereocenters. The number of nitrogens with two attached hydrogens (primary N) is 1. The fraction of sp³-hybridized carbons (Fsp3) is 0.538. The second-order valence-corrected chi connectivity index (χ2v) is 4.47. The van der Waals surface area contributed by atoms with Crippen molar-refractivity contribution in [2.75, 3.05) is 27.2 Å². The van der Waals surface area contributed by atoms with Crippen LogP contribution >= 0.6 is 0 Å². The van der Waals surface area contributed by atoms with Crippen molar-refractivity contribution < 1.29 is 4.74 Å². The number of benzene rings is 1. The highest BCUT2D eigenvalue weighted by Gasteiger charge is 2.03. The van der Waals surface area contributed by atoms with Gasteiger partial charge in [-0.05, 0) is 39.6 Å². The van der Waals surface area contributed by atoms with Crippen LogP contribution in [0.1, 0.15) is 12.0 Å². The van der Waals surface area contributed by atoms with Crippen molar-refractivity contribution in [2.24, 2.45) is 5.73 Å². The summed E-state index contributed by atoms with van der Waals surface area (Å²) in [5.41, 5.74) is 7.19. The molecule has 0 aliphatic heterocycles. The first-order valence-corrected chi connectivity index (χ1v) is 5.67. The van der Waals surface area contributed by atoms with E-state index in [4.69, 9.17) is 10.5 Å². The van der Waals surface area contributed by atoms with Gasteiger partial charge in [-0.3, -0.25) is 0 Å². The Hall–Kier alpha value is -1.06. The van der Waals surface area contributed by atoms with Crippen molar-refractivity contribution in [3.8, 4) is 5.75 Å². The first-order chi connectivity index (χ1) is 7.58. The molecule has 1 aromatic carbocycles. The van der Waals surface area contributed by atoms with E-state index in [1.165, 1.54) is 5.56 Å². The molecule has 3 heteroatoms. The molecule has 1 aromatic rings. The number of likely N-dealkylation sites (N-methyl/N-ethyl adjacent to an activating group) is 1. The van der Waals surface area contributed by atoms with Crippen LogP contribution in [0, 0.1) is 6.92 Å². The summed E-state index contributed by atoms with van der Waals surface area (Å²) in [4.78, 5) is 2.09. The smallest absolute Gasteiger partial charge is 0.119 e. The molecular weight excluding hydrogens is 200 g/mol. The SMILES string of the molecule is Cc1ccc(OCCC(N)CN(C)C)cc1. The van der Waals surface area contributed by atoms with Gasteiger partial charge in [0.05, 0.1) is 6.61 Å². The van der Waals surface area contributed by atoms with Gasteiger partial charge in [-0.1, -0.05) is 17.7 Å². The Morgan fingerprint density at radius 2 is 1.88 bits per heavy atom. The molecule has 3 nitrogen and oxygen atoms in total. The van der Waals surface area contributed by atoms with E-state index in [1.807, 2.05) is 26.2 Å². The van der Waals surface area contributed by atoms with Crippen molar-refractivity contribution in [3.63, 3.8) is 0 Å². The van der Waals surface area contributed by atoms with Gasteiger partial charge in [-0.15, -0.1) is 0 Å². The standard InChI is InChI=1S/C13H22N2O/c1-11-4-6-13(7-5-11)16-9-8-12(14)10-15(2)3/h4-7,12H,8-10,14H2,1-3H3. The van der Waals surface area contributed by atoms with Crippen LogP contribution in [-0.4, -0.2) is 38.2 Å². The van der Waals surface area contributed by atoms with Crippen molar-refractivity contribution >= 4 is 0 Å². The van der Waals surface area contributed by atoms with E-state index in [0.717, 1.165) is 18.7 Å². The van der Waals surface area contributed by atoms with Crippen LogP contribution in [0.25, 0.3) is 0 Å². The summed E-state index contributed by atoms with van der Waals surface area (Å²) in [6.07, 6.45) is 0.881. The molecule has 0 radical (unpaired) electrons. The molecule has 0 aromatic heterocycles. The Morgan fingerprint density at radius 3 is 2.44 bits per heavy atom. The number of nitrogens with zero attached hydrogens (tertiary/aromatic N) is 1. The first kappa shape index (κ1) is 13.0. The van der Waals surface area contributed by atoms with Crippen molar-refractivity contribution in [1.82, 2.24) is 4.90 Å². The van der Waals surface area contributed by atoms with Gasteiger partial charge in [-0.25, -0.2) is 0 Å². The molecular formula is C13H22N2O. The lowest BCUT2D eigenvalue weighted by Gasteiger charge is -2.16. The van der Waals surface area contributed by atoms with Crippen molar-refractivity contribution in [1.29, 1.82) is 0 Å². The van der Waals surface area contributed by atoms with E-state index in [2.05, 4.69) is 24.0 Å². The Labute approximate surface area is 98.2 Å². The molecule has 0 saturated carbocycles. The Morgan fingerprint density at radius 1 is 1.25 bits per heavy atom. The van der Waals surface area contributed by atoms with E-state index in [0.29, 0.717) is 6.61 Å². The van der Waals surface area contributed by atoms with Gasteiger partial charge in [0.1, 0.15) is 5.75 Å². The second-order valence-electron chi connectivity index (χ2n) is 4.47. The Balaban J connectivity index is 2.22. The topological polar surface area (TPSA) is 38.5 Å². The Kier molecular flexibility index (Phi) is 5.29. The number of hydrogen-bond donors (Lipinski definition) is 1. The summed E-state index contributed by atoms with van der Waals surface area (Å²) in [5, 5.41) is 0. The minimum absolute atomic E-state index is 0.181. The van der Waals surface area contributed by atoms with E-state index >= 15 is 0 Å². The molecule has 16 heavy (non-hydrogen) atoms. The van der Waals surface area contributed by atoms with Crippen LogP contribution in [0.2, 0.25) is 0 Å². The van der Waals surface area contributed by atoms with Crippen molar-refractivity contribution in [2.45, 2.75) is 19.4 Å². The van der Waals surface area contributed by atoms with Crippen LogP contribution in [0.5, 0.6) is 5.75 Å². The predicted octanol–water partition coefficient (Wildman–Crippen LogP) is 1.65. The zero-order chi connectivity index (χ0) is 12.0. The van der Waals surface area contributed by atoms with Gasteiger partial charge in [0.15, 0.2) is 0 Å². The van der Waals surface area contributed by atoms with Gasteiger partial charge in [-0.2, -0.15) is 0 Å². The van der Waals surface area contributed by atoms with Crippen LogP contribution in [0.3, 0.4) is 0 Å². The molecule has 1 unspecified atom stereocenters. The highest BCUT2D eigenvalue weighted by molar-refractivity contribution is 5.26. The molecule has 0 amide bonds. The maximum atomic E-state index is 5.94. The normalized spacial score (nSPS) is 12.8. The third-order valence-corrected chi connectivity index (χ3v) is 2.38. The van der Waals surface area contributed by atoms with Gasteiger partial charge < -0.3 is 15.4 Å². The second kappa shape index (κ2) is 6.51. The number of hydrogen-bond acceptors (Lipinski definition) is 3. The summed E-state index contributed by atoms with van der Waals surface area (Å²) in [6, 6.07) is 8.27. The lowest BCUT2D eigenvalue weighted by atomic mass is 10.2. The molecule has 0 bridgehead atoms. The summed E-state index contributed by atoms with van der Waals surface area (Å²) >= 11 is 0. The zero-order valence-corrected chi connectivity index (χ0v) is 10.4.